The molecule has 0 radical (unpaired) electrons. The Bertz CT molecular complexity index is 572. The van der Waals surface area contributed by atoms with Crippen molar-refractivity contribution in [2.24, 2.45) is 0 Å². The van der Waals surface area contributed by atoms with E-state index in [1.54, 1.807) is 0 Å². The molecule has 4 heteroatoms. The van der Waals surface area contributed by atoms with Gasteiger partial charge in [-0.25, -0.2) is 0 Å². The first-order chi connectivity index (χ1) is 9.63. The average Bonchev–Trinajstić information content (AvgIpc) is 3.20. The summed E-state index contributed by atoms with van der Waals surface area (Å²) in [6.45, 7) is 4.99. The van der Waals surface area contributed by atoms with Crippen molar-refractivity contribution in [2.45, 2.75) is 45.2 Å². The zero-order chi connectivity index (χ0) is 14.1. The highest BCUT2D eigenvalue weighted by atomic mass is 16.5. The van der Waals surface area contributed by atoms with Crippen molar-refractivity contribution < 1.29 is 4.52 Å². The van der Waals surface area contributed by atoms with E-state index in [2.05, 4.69) is 60.2 Å². The van der Waals surface area contributed by atoms with E-state index in [0.29, 0.717) is 24.4 Å². The highest BCUT2D eigenvalue weighted by molar-refractivity contribution is 5.23. The molecule has 4 nitrogen and oxygen atoms in total. The number of nitrogens with zero attached hydrogens (tertiary/aromatic N) is 3. The Morgan fingerprint density at radius 3 is 2.65 bits per heavy atom. The van der Waals surface area contributed by atoms with Crippen LogP contribution in [0.5, 0.6) is 0 Å². The summed E-state index contributed by atoms with van der Waals surface area (Å²) in [5, 5.41) is 4.06. The minimum Gasteiger partial charge on any atom is -0.338 e. The van der Waals surface area contributed by atoms with Gasteiger partial charge in [0.25, 0.3) is 0 Å². The Balaban J connectivity index is 1.64. The highest BCUT2D eigenvalue weighted by Crippen LogP contribution is 2.38. The number of benzene rings is 1. The summed E-state index contributed by atoms with van der Waals surface area (Å²) in [6, 6.07) is 8.99. The molecular weight excluding hydrogens is 250 g/mol. The SMILES string of the molecule is Cc1ccc([C@H](C)N(C)Cc2nc(C3CC3)no2)cc1. The van der Waals surface area contributed by atoms with Gasteiger partial charge in [0.05, 0.1) is 6.54 Å². The zero-order valence-corrected chi connectivity index (χ0v) is 12.3. The number of aryl methyl sites for hydroxylation is 1. The molecule has 3 rings (SSSR count). The third kappa shape index (κ3) is 2.90. The van der Waals surface area contributed by atoms with Gasteiger partial charge < -0.3 is 4.52 Å². The molecule has 0 aliphatic heterocycles. The van der Waals surface area contributed by atoms with Crippen LogP contribution < -0.4 is 0 Å². The molecule has 106 valence electrons. The third-order valence-corrected chi connectivity index (χ3v) is 4.03. The van der Waals surface area contributed by atoms with Crippen molar-refractivity contribution in [3.63, 3.8) is 0 Å². The van der Waals surface area contributed by atoms with E-state index in [-0.39, 0.29) is 0 Å². The third-order valence-electron chi connectivity index (χ3n) is 4.03. The van der Waals surface area contributed by atoms with Crippen LogP contribution in [0.2, 0.25) is 0 Å². The topological polar surface area (TPSA) is 42.2 Å². The van der Waals surface area contributed by atoms with Gasteiger partial charge in [-0.15, -0.1) is 0 Å². The first-order valence-corrected chi connectivity index (χ1v) is 7.23. The fraction of sp³-hybridized carbons (Fsp3) is 0.500. The molecule has 0 unspecified atom stereocenters. The molecule has 0 bridgehead atoms. The standard InChI is InChI=1S/C16H21N3O/c1-11-4-6-13(7-5-11)12(2)19(3)10-15-17-16(18-20-15)14-8-9-14/h4-7,12,14H,8-10H2,1-3H3/t12-/m0/s1. The number of rotatable bonds is 5. The van der Waals surface area contributed by atoms with Gasteiger partial charge in [-0.3, -0.25) is 4.90 Å². The maximum atomic E-state index is 5.34. The fourth-order valence-electron chi connectivity index (χ4n) is 2.29. The molecule has 2 aromatic rings. The van der Waals surface area contributed by atoms with Gasteiger partial charge in [0.2, 0.25) is 5.89 Å². The molecule has 1 aromatic carbocycles. The molecule has 20 heavy (non-hydrogen) atoms. The van der Waals surface area contributed by atoms with Crippen LogP contribution in [0.15, 0.2) is 28.8 Å². The van der Waals surface area contributed by atoms with E-state index in [0.717, 1.165) is 5.82 Å². The van der Waals surface area contributed by atoms with Crippen molar-refractivity contribution in [2.75, 3.05) is 7.05 Å². The van der Waals surface area contributed by atoms with Crippen LogP contribution in [-0.4, -0.2) is 22.1 Å². The van der Waals surface area contributed by atoms with Gasteiger partial charge in [-0.1, -0.05) is 35.0 Å². The lowest BCUT2D eigenvalue weighted by atomic mass is 10.1. The van der Waals surface area contributed by atoms with Gasteiger partial charge in [-0.2, -0.15) is 4.98 Å². The lowest BCUT2D eigenvalue weighted by Gasteiger charge is -2.23. The van der Waals surface area contributed by atoms with Crippen LogP contribution in [0.3, 0.4) is 0 Å². The van der Waals surface area contributed by atoms with Gasteiger partial charge in [0.1, 0.15) is 0 Å². The second-order valence-corrected chi connectivity index (χ2v) is 5.82. The lowest BCUT2D eigenvalue weighted by Crippen LogP contribution is -2.22. The van der Waals surface area contributed by atoms with Crippen molar-refractivity contribution >= 4 is 0 Å². The van der Waals surface area contributed by atoms with Crippen LogP contribution in [0, 0.1) is 6.92 Å². The summed E-state index contributed by atoms with van der Waals surface area (Å²) in [6.07, 6.45) is 2.41. The smallest absolute Gasteiger partial charge is 0.240 e. The second kappa shape index (κ2) is 5.37. The Hall–Kier alpha value is -1.68. The van der Waals surface area contributed by atoms with Crippen LogP contribution >= 0.6 is 0 Å². The number of hydrogen-bond acceptors (Lipinski definition) is 4. The van der Waals surface area contributed by atoms with Gasteiger partial charge in [0.15, 0.2) is 5.82 Å². The quantitative estimate of drug-likeness (QED) is 0.835. The lowest BCUT2D eigenvalue weighted by molar-refractivity contribution is 0.216. The summed E-state index contributed by atoms with van der Waals surface area (Å²) in [5.41, 5.74) is 2.59. The largest absolute Gasteiger partial charge is 0.338 e. The van der Waals surface area contributed by atoms with Gasteiger partial charge in [0, 0.05) is 12.0 Å². The number of aromatic nitrogens is 2. The van der Waals surface area contributed by atoms with E-state index >= 15 is 0 Å². The molecule has 1 saturated carbocycles. The Kier molecular flexibility index (Phi) is 3.57. The molecule has 1 heterocycles. The van der Waals surface area contributed by atoms with Crippen LogP contribution in [-0.2, 0) is 6.54 Å². The minimum absolute atomic E-state index is 0.326. The van der Waals surface area contributed by atoms with Crippen LogP contribution in [0.4, 0.5) is 0 Å². The maximum Gasteiger partial charge on any atom is 0.240 e. The summed E-state index contributed by atoms with van der Waals surface area (Å²) in [5.74, 6) is 2.15. The fourth-order valence-corrected chi connectivity index (χ4v) is 2.29. The number of hydrogen-bond donors (Lipinski definition) is 0. The Labute approximate surface area is 119 Å². The molecule has 0 spiro atoms. The molecule has 0 saturated heterocycles. The van der Waals surface area contributed by atoms with Crippen molar-refractivity contribution in [3.8, 4) is 0 Å². The molecule has 0 N–H and O–H groups in total. The van der Waals surface area contributed by atoms with Gasteiger partial charge in [-0.05, 0) is 39.3 Å². The molecule has 1 aliphatic carbocycles. The first-order valence-electron chi connectivity index (χ1n) is 7.23. The summed E-state index contributed by atoms with van der Waals surface area (Å²) in [4.78, 5) is 6.71. The highest BCUT2D eigenvalue weighted by Gasteiger charge is 2.29. The van der Waals surface area contributed by atoms with Crippen molar-refractivity contribution in [3.05, 3.63) is 47.1 Å². The van der Waals surface area contributed by atoms with E-state index < -0.39 is 0 Å². The second-order valence-electron chi connectivity index (χ2n) is 5.82. The first kappa shape index (κ1) is 13.3. The average molecular weight is 271 g/mol. The molecule has 1 aliphatic rings. The molecule has 1 aromatic heterocycles. The molecule has 1 atom stereocenters. The predicted octanol–water partition coefficient (Wildman–Crippen LogP) is 3.45. The van der Waals surface area contributed by atoms with E-state index in [9.17, 15) is 0 Å². The van der Waals surface area contributed by atoms with E-state index in [1.807, 2.05) is 0 Å². The molecule has 0 amide bonds. The maximum absolute atomic E-state index is 5.34. The summed E-state index contributed by atoms with van der Waals surface area (Å²) >= 11 is 0. The van der Waals surface area contributed by atoms with Crippen molar-refractivity contribution in [1.82, 2.24) is 15.0 Å². The Morgan fingerprint density at radius 2 is 2.00 bits per heavy atom. The monoisotopic (exact) mass is 271 g/mol. The predicted molar refractivity (Wildman–Crippen MR) is 77.3 cm³/mol. The van der Waals surface area contributed by atoms with Gasteiger partial charge >= 0.3 is 0 Å². The van der Waals surface area contributed by atoms with Crippen LogP contribution in [0.1, 0.15) is 54.6 Å². The van der Waals surface area contributed by atoms with E-state index in [1.165, 1.54) is 24.0 Å². The molecule has 1 fully saturated rings. The minimum atomic E-state index is 0.326. The zero-order valence-electron chi connectivity index (χ0n) is 12.3. The summed E-state index contributed by atoms with van der Waals surface area (Å²) < 4.78 is 5.34. The van der Waals surface area contributed by atoms with Crippen LogP contribution in [0.25, 0.3) is 0 Å². The Morgan fingerprint density at radius 1 is 1.30 bits per heavy atom. The molecular formula is C16H21N3O. The normalized spacial score (nSPS) is 16.6. The summed E-state index contributed by atoms with van der Waals surface area (Å²) in [7, 11) is 2.09. The van der Waals surface area contributed by atoms with Crippen molar-refractivity contribution in [1.29, 1.82) is 0 Å². The van der Waals surface area contributed by atoms with E-state index in [4.69, 9.17) is 4.52 Å².